The molecule has 3 aromatic heterocycles. The molecule has 8 nitrogen and oxygen atoms in total. The Morgan fingerprint density at radius 3 is 2.86 bits per heavy atom. The Labute approximate surface area is 167 Å². The number of aryl methyl sites for hydroxylation is 1. The van der Waals surface area contributed by atoms with Crippen molar-refractivity contribution >= 4 is 17.2 Å². The second-order valence-corrected chi connectivity index (χ2v) is 7.26. The zero-order chi connectivity index (χ0) is 19.8. The van der Waals surface area contributed by atoms with E-state index in [1.54, 1.807) is 11.0 Å². The van der Waals surface area contributed by atoms with E-state index in [4.69, 9.17) is 0 Å². The van der Waals surface area contributed by atoms with Gasteiger partial charge in [0.15, 0.2) is 5.82 Å². The van der Waals surface area contributed by atoms with E-state index in [1.165, 1.54) is 5.56 Å². The van der Waals surface area contributed by atoms with Crippen LogP contribution in [0, 0.1) is 6.92 Å². The van der Waals surface area contributed by atoms with E-state index in [0.29, 0.717) is 6.54 Å². The highest BCUT2D eigenvalue weighted by Crippen LogP contribution is 2.26. The van der Waals surface area contributed by atoms with E-state index in [0.717, 1.165) is 30.0 Å². The van der Waals surface area contributed by atoms with Gasteiger partial charge in [0.2, 0.25) is 5.82 Å². The number of anilines is 1. The normalized spacial score (nSPS) is 16.4. The SMILES string of the molecule is Cc1ccn2ccnc(N3CC[C@H](NC(=O)c4ncn(-c5ccccc5)n4)C3)c12. The van der Waals surface area contributed by atoms with Crippen molar-refractivity contribution in [3.05, 3.63) is 72.7 Å². The molecule has 1 fully saturated rings. The maximum atomic E-state index is 12.6. The van der Waals surface area contributed by atoms with Gasteiger partial charge in [-0.1, -0.05) is 18.2 Å². The molecule has 4 heterocycles. The third kappa shape index (κ3) is 3.22. The molecular formula is C21H21N7O. The topological polar surface area (TPSA) is 80.4 Å². The monoisotopic (exact) mass is 387 g/mol. The molecule has 1 amide bonds. The second kappa shape index (κ2) is 7.05. The largest absolute Gasteiger partial charge is 0.353 e. The number of hydrogen-bond donors (Lipinski definition) is 1. The number of nitrogens with one attached hydrogen (secondary N) is 1. The van der Waals surface area contributed by atoms with Gasteiger partial charge in [-0.25, -0.2) is 14.6 Å². The van der Waals surface area contributed by atoms with Gasteiger partial charge in [-0.05, 0) is 37.1 Å². The zero-order valence-electron chi connectivity index (χ0n) is 16.1. The van der Waals surface area contributed by atoms with Crippen molar-refractivity contribution in [1.29, 1.82) is 0 Å². The third-order valence-electron chi connectivity index (χ3n) is 5.29. The van der Waals surface area contributed by atoms with Gasteiger partial charge in [0, 0.05) is 37.7 Å². The average molecular weight is 387 g/mol. The summed E-state index contributed by atoms with van der Waals surface area (Å²) in [4.78, 5) is 23.6. The standard InChI is InChI=1S/C21H21N7O/c1-15-7-10-26-12-9-22-20(18(15)26)27-11-8-16(13-27)24-21(29)19-23-14-28(25-19)17-5-3-2-4-6-17/h2-7,9-10,12,14,16H,8,11,13H2,1H3,(H,24,29)/t16-/m0/s1. The van der Waals surface area contributed by atoms with E-state index >= 15 is 0 Å². The summed E-state index contributed by atoms with van der Waals surface area (Å²) in [6.45, 7) is 3.64. The van der Waals surface area contributed by atoms with Gasteiger partial charge in [-0.3, -0.25) is 4.79 Å². The molecule has 0 bridgehead atoms. The third-order valence-corrected chi connectivity index (χ3v) is 5.29. The number of carbonyl (C=O) groups excluding carboxylic acids is 1. The summed E-state index contributed by atoms with van der Waals surface area (Å²) < 4.78 is 3.69. The van der Waals surface area contributed by atoms with Gasteiger partial charge in [-0.2, -0.15) is 0 Å². The molecule has 1 aliphatic rings. The van der Waals surface area contributed by atoms with E-state index < -0.39 is 0 Å². The molecule has 1 atom stereocenters. The number of amides is 1. The Balaban J connectivity index is 1.28. The van der Waals surface area contributed by atoms with E-state index in [9.17, 15) is 4.79 Å². The Morgan fingerprint density at radius 2 is 2.00 bits per heavy atom. The summed E-state index contributed by atoms with van der Waals surface area (Å²) in [5, 5.41) is 7.37. The molecule has 1 aromatic carbocycles. The van der Waals surface area contributed by atoms with Crippen LogP contribution in [-0.4, -0.2) is 49.2 Å². The quantitative estimate of drug-likeness (QED) is 0.581. The number of carbonyl (C=O) groups is 1. The van der Waals surface area contributed by atoms with Gasteiger partial charge in [0.05, 0.1) is 11.2 Å². The van der Waals surface area contributed by atoms with Gasteiger partial charge < -0.3 is 14.6 Å². The average Bonchev–Trinajstić information content (AvgIpc) is 3.49. The Kier molecular flexibility index (Phi) is 4.23. The van der Waals surface area contributed by atoms with Crippen LogP contribution < -0.4 is 10.2 Å². The summed E-state index contributed by atoms with van der Waals surface area (Å²) in [5.74, 6) is 0.879. The molecule has 4 aromatic rings. The summed E-state index contributed by atoms with van der Waals surface area (Å²) in [5.41, 5.74) is 3.17. The fourth-order valence-corrected chi connectivity index (χ4v) is 3.83. The van der Waals surface area contributed by atoms with Gasteiger partial charge in [0.25, 0.3) is 5.91 Å². The number of para-hydroxylation sites is 1. The first-order chi connectivity index (χ1) is 14.2. The molecule has 0 unspecified atom stereocenters. The first-order valence-corrected chi connectivity index (χ1v) is 9.64. The minimum atomic E-state index is -0.253. The lowest BCUT2D eigenvalue weighted by atomic mass is 10.2. The summed E-state index contributed by atoms with van der Waals surface area (Å²) in [6, 6.07) is 11.7. The number of rotatable bonds is 4. The Hall–Kier alpha value is -3.68. The number of benzene rings is 1. The maximum Gasteiger partial charge on any atom is 0.291 e. The number of nitrogens with zero attached hydrogens (tertiary/aromatic N) is 6. The molecule has 5 rings (SSSR count). The molecule has 29 heavy (non-hydrogen) atoms. The van der Waals surface area contributed by atoms with Crippen LogP contribution in [0.15, 0.2) is 61.3 Å². The van der Waals surface area contributed by atoms with Crippen molar-refractivity contribution in [2.45, 2.75) is 19.4 Å². The zero-order valence-corrected chi connectivity index (χ0v) is 16.1. The van der Waals surface area contributed by atoms with Gasteiger partial charge in [0.1, 0.15) is 6.33 Å². The highest BCUT2D eigenvalue weighted by molar-refractivity contribution is 5.90. The minimum absolute atomic E-state index is 0.0310. The molecule has 0 radical (unpaired) electrons. The van der Waals surface area contributed by atoms with Crippen molar-refractivity contribution in [3.63, 3.8) is 0 Å². The molecule has 1 aliphatic heterocycles. The molecule has 0 aliphatic carbocycles. The molecule has 8 heteroatoms. The van der Waals surface area contributed by atoms with E-state index in [2.05, 4.69) is 42.7 Å². The lowest BCUT2D eigenvalue weighted by Gasteiger charge is -2.19. The van der Waals surface area contributed by atoms with Crippen LogP contribution in [-0.2, 0) is 0 Å². The van der Waals surface area contributed by atoms with Crippen molar-refractivity contribution in [1.82, 2.24) is 29.5 Å². The number of aromatic nitrogens is 5. The van der Waals surface area contributed by atoms with Crippen molar-refractivity contribution in [2.75, 3.05) is 18.0 Å². The molecule has 146 valence electrons. The predicted molar refractivity (Wildman–Crippen MR) is 109 cm³/mol. The Bertz CT molecular complexity index is 1160. The number of hydrogen-bond acceptors (Lipinski definition) is 5. The summed E-state index contributed by atoms with van der Waals surface area (Å²) in [6.07, 6.45) is 8.22. The molecular weight excluding hydrogens is 366 g/mol. The summed E-state index contributed by atoms with van der Waals surface area (Å²) in [7, 11) is 0. The Morgan fingerprint density at radius 1 is 1.14 bits per heavy atom. The van der Waals surface area contributed by atoms with Crippen LogP contribution in [0.5, 0.6) is 0 Å². The van der Waals surface area contributed by atoms with Crippen LogP contribution >= 0.6 is 0 Å². The van der Waals surface area contributed by atoms with Crippen LogP contribution in [0.3, 0.4) is 0 Å². The van der Waals surface area contributed by atoms with Crippen molar-refractivity contribution in [2.24, 2.45) is 0 Å². The first-order valence-electron chi connectivity index (χ1n) is 9.64. The molecule has 0 saturated carbocycles. The van der Waals surface area contributed by atoms with Crippen molar-refractivity contribution in [3.8, 4) is 5.69 Å². The van der Waals surface area contributed by atoms with Crippen LogP contribution in [0.4, 0.5) is 5.82 Å². The fourth-order valence-electron chi connectivity index (χ4n) is 3.83. The lowest BCUT2D eigenvalue weighted by Crippen LogP contribution is -2.37. The smallest absolute Gasteiger partial charge is 0.291 e. The van der Waals surface area contributed by atoms with Crippen LogP contribution in [0.1, 0.15) is 22.6 Å². The highest BCUT2D eigenvalue weighted by atomic mass is 16.2. The highest BCUT2D eigenvalue weighted by Gasteiger charge is 2.27. The van der Waals surface area contributed by atoms with Gasteiger partial charge >= 0.3 is 0 Å². The minimum Gasteiger partial charge on any atom is -0.353 e. The lowest BCUT2D eigenvalue weighted by molar-refractivity contribution is 0.0930. The predicted octanol–water partition coefficient (Wildman–Crippen LogP) is 2.23. The maximum absolute atomic E-state index is 12.6. The van der Waals surface area contributed by atoms with E-state index in [-0.39, 0.29) is 17.8 Å². The molecule has 1 saturated heterocycles. The van der Waals surface area contributed by atoms with Crippen LogP contribution in [0.25, 0.3) is 11.2 Å². The first kappa shape index (κ1) is 17.4. The van der Waals surface area contributed by atoms with Gasteiger partial charge in [-0.15, -0.1) is 5.10 Å². The molecule has 1 N–H and O–H groups in total. The molecule has 0 spiro atoms. The second-order valence-electron chi connectivity index (χ2n) is 7.26. The van der Waals surface area contributed by atoms with Crippen LogP contribution in [0.2, 0.25) is 0 Å². The summed E-state index contributed by atoms with van der Waals surface area (Å²) >= 11 is 0. The van der Waals surface area contributed by atoms with Crippen molar-refractivity contribution < 1.29 is 4.79 Å². The number of fused-ring (bicyclic) bond motifs is 1. The fraction of sp³-hybridized carbons (Fsp3) is 0.238. The van der Waals surface area contributed by atoms with E-state index in [1.807, 2.05) is 48.9 Å².